The monoisotopic (exact) mass is 1070 g/mol. The average molecular weight is 1070 g/mol. The molecule has 22 nitrogen and oxygen atoms in total. The van der Waals surface area contributed by atoms with Crippen molar-refractivity contribution >= 4 is 5.97 Å². The largest absolute Gasteiger partial charge is 0.465 e. The highest BCUT2D eigenvalue weighted by molar-refractivity contribution is 5.77. The average Bonchev–Trinajstić information content (AvgIpc) is 3.57. The summed E-state index contributed by atoms with van der Waals surface area (Å²) in [7, 11) is 0. The third-order valence-corrected chi connectivity index (χ3v) is 21.6. The number of ether oxygens (including phenoxy) is 9. The molecule has 6 aliphatic heterocycles. The Morgan fingerprint density at radius 2 is 1.23 bits per heavy atom. The third-order valence-electron chi connectivity index (χ3n) is 21.6. The molecule has 0 radical (unpaired) electrons. The Kier molecular flexibility index (Phi) is 15.2. The highest BCUT2D eigenvalue weighted by atomic mass is 16.8. The van der Waals surface area contributed by atoms with Gasteiger partial charge in [0.1, 0.15) is 85.5 Å². The quantitative estimate of drug-likeness (QED) is 0.0682. The first-order valence-electron chi connectivity index (χ1n) is 27.3. The van der Waals surface area contributed by atoms with Gasteiger partial charge in [-0.1, -0.05) is 46.3 Å². The van der Waals surface area contributed by atoms with Gasteiger partial charge in [0.25, 0.3) is 0 Å². The highest BCUT2D eigenvalue weighted by Gasteiger charge is 2.72. The van der Waals surface area contributed by atoms with Crippen molar-refractivity contribution in [3.05, 3.63) is 11.6 Å². The first kappa shape index (κ1) is 56.7. The fourth-order valence-corrected chi connectivity index (χ4v) is 16.7. The zero-order chi connectivity index (χ0) is 54.3. The van der Waals surface area contributed by atoms with Crippen molar-refractivity contribution in [2.75, 3.05) is 26.4 Å². The van der Waals surface area contributed by atoms with Gasteiger partial charge in [-0.05, 0) is 111 Å². The van der Waals surface area contributed by atoms with Crippen LogP contribution in [0.2, 0.25) is 0 Å². The van der Waals surface area contributed by atoms with Crippen molar-refractivity contribution in [1.29, 1.82) is 0 Å². The molecule has 428 valence electrons. The SMILES string of the molecule is C[C@@H]1O[C@@H](O[C@H]2[C@H](O[C@H]3CO[C@@H](O[C@H]4CC[C@]5(C)[C@H]6CC=C7[C@@H]8C[C@]9(C)CC[C@]8(COC9=O)[C@H](O)C[C@@]7(C)[C@]6(C)CC[C@H]5C4(C)C)[C@H](O[C@@H]4O[C@H](CO)[C@@H](O)[C@H](O)[C@H]4O)[C@H]3O)O[C@H](CO)[C@@H](O)[C@@H]2O)[C@H](O)[C@H](O)[C@H]1O. The summed E-state index contributed by atoms with van der Waals surface area (Å²) in [5.74, 6) is 0.229. The predicted molar refractivity (Wildman–Crippen MR) is 255 cm³/mol. The second kappa shape index (κ2) is 20.1. The molecular formula is C53H84O22. The molecule has 11 aliphatic rings. The topological polar surface area (TPSA) is 343 Å². The van der Waals surface area contributed by atoms with E-state index in [1.807, 2.05) is 6.92 Å². The molecule has 6 saturated heterocycles. The Hall–Kier alpha value is -1.59. The zero-order valence-electron chi connectivity index (χ0n) is 44.1. The predicted octanol–water partition coefficient (Wildman–Crippen LogP) is -1.38. The van der Waals surface area contributed by atoms with Crippen LogP contribution in [0.4, 0.5) is 0 Å². The molecule has 0 aromatic heterocycles. The Morgan fingerprint density at radius 1 is 0.613 bits per heavy atom. The number of rotatable bonds is 10. The Bertz CT molecular complexity index is 2110. The number of aliphatic hydroxyl groups is 12. The van der Waals surface area contributed by atoms with Gasteiger partial charge in [0.15, 0.2) is 25.2 Å². The number of hydrogen-bond donors (Lipinski definition) is 12. The van der Waals surface area contributed by atoms with Gasteiger partial charge in [-0.2, -0.15) is 0 Å². The van der Waals surface area contributed by atoms with Crippen molar-refractivity contribution in [3.8, 4) is 0 Å². The van der Waals surface area contributed by atoms with E-state index < -0.39 is 165 Å². The Balaban J connectivity index is 0.905. The van der Waals surface area contributed by atoms with E-state index in [4.69, 9.17) is 42.6 Å². The first-order chi connectivity index (χ1) is 35.2. The molecule has 4 saturated carbocycles. The molecule has 11 rings (SSSR count). The first-order valence-corrected chi connectivity index (χ1v) is 27.3. The van der Waals surface area contributed by atoms with Gasteiger partial charge in [0, 0.05) is 5.41 Å². The molecule has 1 spiro atoms. The van der Waals surface area contributed by atoms with Crippen LogP contribution >= 0.6 is 0 Å². The summed E-state index contributed by atoms with van der Waals surface area (Å²) >= 11 is 0. The highest BCUT2D eigenvalue weighted by Crippen LogP contribution is 2.76. The van der Waals surface area contributed by atoms with Crippen LogP contribution < -0.4 is 0 Å². The molecule has 6 heterocycles. The third kappa shape index (κ3) is 8.76. The molecule has 10 fully saturated rings. The minimum Gasteiger partial charge on any atom is -0.465 e. The van der Waals surface area contributed by atoms with Gasteiger partial charge in [-0.3, -0.25) is 4.79 Å². The van der Waals surface area contributed by atoms with Gasteiger partial charge < -0.3 is 104 Å². The van der Waals surface area contributed by atoms with Gasteiger partial charge in [-0.25, -0.2) is 0 Å². The van der Waals surface area contributed by atoms with Crippen LogP contribution in [0.3, 0.4) is 0 Å². The van der Waals surface area contributed by atoms with Crippen molar-refractivity contribution in [1.82, 2.24) is 0 Å². The van der Waals surface area contributed by atoms with Gasteiger partial charge >= 0.3 is 5.97 Å². The minimum atomic E-state index is -1.89. The maximum atomic E-state index is 13.3. The number of esters is 1. The van der Waals surface area contributed by atoms with Crippen LogP contribution in [-0.2, 0) is 47.4 Å². The Morgan fingerprint density at radius 3 is 1.89 bits per heavy atom. The molecule has 12 N–H and O–H groups in total. The smallest absolute Gasteiger partial charge is 0.311 e. The molecule has 2 bridgehead atoms. The molecule has 5 aliphatic carbocycles. The van der Waals surface area contributed by atoms with Gasteiger partial charge in [0.2, 0.25) is 0 Å². The summed E-state index contributed by atoms with van der Waals surface area (Å²) in [6, 6.07) is 0. The standard InChI is InChI=1S/C53H84O22/c1-22-32(57)36(61)39(64)43(69-22)75-42-38(63)34(59)26(19-55)71-46(42)72-27-20-67-45(41(35(27)60)74-44-40(65)37(62)33(58)25(18-54)70-44)73-31-11-12-50(5)28(48(31,2)3)10-13-51(6)29(50)9-8-23-24-16-49(4)14-15-53(24,21-68-47(49)66)30(56)17-52(23,51)7/h8,22,24-46,54-65H,9-21H2,1-7H3/t22-,24-,25+,26+,27-,28-,29+,30+,31-,32-,33+,34+,35-,36+,37-,38-,39+,40+,41+,42+,43-,44-,45-,46-,49-,50-,51+,52+,53+/m0/s1. The molecule has 0 unspecified atom stereocenters. The number of aliphatic hydroxyl groups excluding tert-OH is 12. The molecule has 75 heavy (non-hydrogen) atoms. The van der Waals surface area contributed by atoms with Crippen molar-refractivity contribution in [2.45, 2.75) is 235 Å². The minimum absolute atomic E-state index is 0.0381. The van der Waals surface area contributed by atoms with Crippen molar-refractivity contribution in [3.63, 3.8) is 0 Å². The van der Waals surface area contributed by atoms with E-state index in [9.17, 15) is 66.1 Å². The van der Waals surface area contributed by atoms with E-state index >= 15 is 0 Å². The van der Waals surface area contributed by atoms with E-state index in [0.29, 0.717) is 25.7 Å². The molecule has 0 aromatic rings. The number of carbonyl (C=O) groups is 1. The summed E-state index contributed by atoms with van der Waals surface area (Å²) in [4.78, 5) is 13.3. The van der Waals surface area contributed by atoms with E-state index in [-0.39, 0.29) is 46.6 Å². The summed E-state index contributed by atoms with van der Waals surface area (Å²) in [6.07, 6.45) is -23.2. The van der Waals surface area contributed by atoms with Crippen LogP contribution in [0, 0.1) is 50.2 Å². The lowest BCUT2D eigenvalue weighted by Crippen LogP contribution is -2.67. The number of allylic oxidation sites excluding steroid dienone is 2. The zero-order valence-corrected chi connectivity index (χ0v) is 44.1. The van der Waals surface area contributed by atoms with Crippen molar-refractivity contribution < 1.29 is 109 Å². The number of hydrogen-bond acceptors (Lipinski definition) is 22. The van der Waals surface area contributed by atoms with Crippen LogP contribution in [0.5, 0.6) is 0 Å². The molecule has 0 aromatic carbocycles. The number of fused-ring (bicyclic) bond motifs is 8. The lowest BCUT2D eigenvalue weighted by molar-refractivity contribution is -0.394. The van der Waals surface area contributed by atoms with E-state index in [2.05, 4.69) is 40.7 Å². The summed E-state index contributed by atoms with van der Waals surface area (Å²) < 4.78 is 55.0. The fraction of sp³-hybridized carbons (Fsp3) is 0.943. The lowest BCUT2D eigenvalue weighted by Gasteiger charge is -2.71. The van der Waals surface area contributed by atoms with Crippen LogP contribution in [0.25, 0.3) is 0 Å². The maximum absolute atomic E-state index is 13.3. The van der Waals surface area contributed by atoms with Gasteiger partial charge in [-0.15, -0.1) is 0 Å². The molecule has 29 atom stereocenters. The lowest BCUT2D eigenvalue weighted by atomic mass is 9.33. The second-order valence-electron chi connectivity index (χ2n) is 25.8. The summed E-state index contributed by atoms with van der Waals surface area (Å²) in [5, 5.41) is 131. The van der Waals surface area contributed by atoms with Gasteiger partial charge in [0.05, 0.1) is 50.2 Å². The van der Waals surface area contributed by atoms with Crippen LogP contribution in [0.15, 0.2) is 11.6 Å². The summed E-state index contributed by atoms with van der Waals surface area (Å²) in [6.45, 7) is 13.2. The second-order valence-corrected chi connectivity index (χ2v) is 25.8. The molecule has 22 heteroatoms. The molecule has 0 amide bonds. The number of carbonyl (C=O) groups excluding carboxylic acids is 1. The molecular weight excluding hydrogens is 989 g/mol. The summed E-state index contributed by atoms with van der Waals surface area (Å²) in [5.41, 5.74) is -0.949. The van der Waals surface area contributed by atoms with Crippen LogP contribution in [0.1, 0.15) is 106 Å². The Labute approximate surface area is 437 Å². The normalized spacial score (nSPS) is 56.6. The van der Waals surface area contributed by atoms with E-state index in [1.54, 1.807) is 0 Å². The van der Waals surface area contributed by atoms with Crippen LogP contribution in [-0.4, -0.2) is 223 Å². The maximum Gasteiger partial charge on any atom is 0.311 e. The van der Waals surface area contributed by atoms with E-state index in [0.717, 1.165) is 32.1 Å². The van der Waals surface area contributed by atoms with E-state index in [1.165, 1.54) is 12.5 Å². The van der Waals surface area contributed by atoms with Crippen molar-refractivity contribution in [2.24, 2.45) is 50.2 Å². The fourth-order valence-electron chi connectivity index (χ4n) is 16.7.